The summed E-state index contributed by atoms with van der Waals surface area (Å²) in [5.74, 6) is -34.7. The van der Waals surface area contributed by atoms with Crippen molar-refractivity contribution in [3.63, 3.8) is 0 Å². The molecule has 0 aromatic heterocycles. The summed E-state index contributed by atoms with van der Waals surface area (Å²) in [7, 11) is 0.630. The molecule has 2 aliphatic rings. The van der Waals surface area contributed by atoms with Gasteiger partial charge in [0.15, 0.2) is 5.78 Å². The van der Waals surface area contributed by atoms with E-state index in [9.17, 15) is 76.7 Å². The first-order valence-corrected chi connectivity index (χ1v) is 13.6. The number of hydrogen-bond acceptors (Lipinski definition) is 7. The van der Waals surface area contributed by atoms with Crippen LogP contribution in [-0.4, -0.2) is 103 Å². The molecule has 1 saturated heterocycles. The molecule has 1 aliphatic heterocycles. The third-order valence-electron chi connectivity index (χ3n) is 7.68. The highest BCUT2D eigenvalue weighted by Gasteiger charge is 2.71. The molecule has 1 aromatic rings. The number of nitrogens with zero attached hydrogens (tertiary/aromatic N) is 2. The highest BCUT2D eigenvalue weighted by Crippen LogP contribution is 2.47. The van der Waals surface area contributed by atoms with Crippen LogP contribution in [0.4, 0.5) is 52.7 Å². The molecule has 1 heterocycles. The topological polar surface area (TPSA) is 110 Å². The van der Waals surface area contributed by atoms with Crippen LogP contribution in [0.15, 0.2) is 24.3 Å². The molecule has 2 fully saturated rings. The second-order valence-electron chi connectivity index (χ2n) is 10.8. The van der Waals surface area contributed by atoms with Crippen LogP contribution in [0.1, 0.15) is 41.2 Å². The molecule has 268 valence electrons. The summed E-state index contributed by atoms with van der Waals surface area (Å²) in [6.07, 6.45) is -18.1. The van der Waals surface area contributed by atoms with Gasteiger partial charge in [0.05, 0.1) is 26.2 Å². The number of Topliss-reactive ketones (excluding diaryl/α,β-unsaturated/α-hetero) is 1. The van der Waals surface area contributed by atoms with Crippen molar-refractivity contribution in [2.24, 2.45) is 11.8 Å². The van der Waals surface area contributed by atoms with Gasteiger partial charge >= 0.3 is 42.0 Å². The Kier molecular flexibility index (Phi) is 10.9. The van der Waals surface area contributed by atoms with Gasteiger partial charge < -0.3 is 14.4 Å². The van der Waals surface area contributed by atoms with Gasteiger partial charge in [-0.1, -0.05) is 12.1 Å². The maximum absolute atomic E-state index is 14.4. The maximum Gasteiger partial charge on any atom is 0.463 e. The van der Waals surface area contributed by atoms with Gasteiger partial charge in [-0.25, -0.2) is 8.78 Å². The average Bonchev–Trinajstić information content (AvgIpc) is 3.00. The fourth-order valence-electron chi connectivity index (χ4n) is 5.15. The first kappa shape index (κ1) is 38.5. The van der Waals surface area contributed by atoms with E-state index in [0.29, 0.717) is 19.2 Å². The number of ether oxygens (including phenoxy) is 2. The largest absolute Gasteiger partial charge is 0.469 e. The SMILES string of the molecule is COC(=O)C1CC(F)(F)CCC1C(=O)C(c1ccc(C(=O)N2CCOCC2)cc1)N(C(=O)C(F)(F)C(F)(F)F)C(=O)C(F)(F)C(F)(F)F. The van der Waals surface area contributed by atoms with Crippen LogP contribution in [0.2, 0.25) is 0 Å². The van der Waals surface area contributed by atoms with Gasteiger partial charge in [-0.3, -0.25) is 28.9 Å². The Morgan fingerprint density at radius 3 is 1.75 bits per heavy atom. The third kappa shape index (κ3) is 7.54. The van der Waals surface area contributed by atoms with Crippen molar-refractivity contribution in [2.75, 3.05) is 33.4 Å². The van der Waals surface area contributed by atoms with Crippen molar-refractivity contribution < 1.29 is 86.1 Å². The van der Waals surface area contributed by atoms with Gasteiger partial charge in [0.1, 0.15) is 6.04 Å². The van der Waals surface area contributed by atoms with E-state index in [0.717, 1.165) is 12.1 Å². The Balaban J connectivity index is 2.29. The Bertz CT molecular complexity index is 1370. The van der Waals surface area contributed by atoms with E-state index < -0.39 is 107 Å². The number of methoxy groups -OCH3 is 1. The molecule has 48 heavy (non-hydrogen) atoms. The van der Waals surface area contributed by atoms with Crippen LogP contribution in [0, 0.1) is 11.8 Å². The number of carbonyl (C=O) groups excluding carboxylic acids is 5. The normalized spacial score (nSPS) is 21.2. The molecule has 3 atom stereocenters. The van der Waals surface area contributed by atoms with Crippen molar-refractivity contribution in [2.45, 2.75) is 55.4 Å². The summed E-state index contributed by atoms with van der Waals surface area (Å²) >= 11 is 0. The molecule has 0 bridgehead atoms. The number of benzene rings is 1. The summed E-state index contributed by atoms with van der Waals surface area (Å²) < 4.78 is 175. The number of carbonyl (C=O) groups is 5. The zero-order valence-electron chi connectivity index (χ0n) is 24.3. The molecule has 1 aliphatic carbocycles. The smallest absolute Gasteiger partial charge is 0.463 e. The minimum absolute atomic E-state index is 0.0404. The van der Waals surface area contributed by atoms with Crippen molar-refractivity contribution in [1.82, 2.24) is 9.80 Å². The van der Waals surface area contributed by atoms with Crippen molar-refractivity contribution >= 4 is 29.5 Å². The Hall–Kier alpha value is -3.91. The summed E-state index contributed by atoms with van der Waals surface area (Å²) in [5.41, 5.74) is -1.49. The number of esters is 1. The van der Waals surface area contributed by atoms with Crippen LogP contribution < -0.4 is 0 Å². The summed E-state index contributed by atoms with van der Waals surface area (Å²) in [5, 5.41) is 0. The van der Waals surface area contributed by atoms with Crippen LogP contribution in [0.3, 0.4) is 0 Å². The number of rotatable bonds is 8. The van der Waals surface area contributed by atoms with E-state index >= 15 is 0 Å². The summed E-state index contributed by atoms with van der Waals surface area (Å²) in [4.78, 5) is 63.7. The lowest BCUT2D eigenvalue weighted by Gasteiger charge is -2.39. The molecule has 9 nitrogen and oxygen atoms in total. The Labute approximate surface area is 262 Å². The molecule has 0 spiro atoms. The van der Waals surface area contributed by atoms with Gasteiger partial charge in [-0.15, -0.1) is 0 Å². The predicted octanol–water partition coefficient (Wildman–Crippen LogP) is 4.74. The van der Waals surface area contributed by atoms with Crippen LogP contribution in [0.25, 0.3) is 0 Å². The van der Waals surface area contributed by atoms with E-state index in [4.69, 9.17) is 4.74 Å². The Morgan fingerprint density at radius 1 is 0.833 bits per heavy atom. The van der Waals surface area contributed by atoms with Crippen molar-refractivity contribution in [3.05, 3.63) is 35.4 Å². The molecule has 0 N–H and O–H groups in total. The fourth-order valence-corrected chi connectivity index (χ4v) is 5.15. The number of imide groups is 1. The number of hydrogen-bond donors (Lipinski definition) is 0. The Morgan fingerprint density at radius 2 is 1.31 bits per heavy atom. The zero-order valence-corrected chi connectivity index (χ0v) is 24.3. The third-order valence-corrected chi connectivity index (χ3v) is 7.68. The van der Waals surface area contributed by atoms with Gasteiger partial charge in [0.25, 0.3) is 5.91 Å². The zero-order chi connectivity index (χ0) is 36.6. The van der Waals surface area contributed by atoms with E-state index in [1.165, 1.54) is 4.90 Å². The number of halogens is 12. The second kappa shape index (κ2) is 13.5. The van der Waals surface area contributed by atoms with Gasteiger partial charge in [0, 0.05) is 37.4 Å². The molecule has 0 radical (unpaired) electrons. The molecule has 3 amide bonds. The van der Waals surface area contributed by atoms with Crippen LogP contribution >= 0.6 is 0 Å². The molecular formula is C27H24F12N2O7. The lowest BCUT2D eigenvalue weighted by atomic mass is 9.72. The lowest BCUT2D eigenvalue weighted by molar-refractivity contribution is -0.284. The number of morpholine rings is 1. The number of alkyl halides is 12. The molecule has 1 aromatic carbocycles. The standard InChI is InChI=1S/C27H24F12N2O7/c1-47-20(44)16-12-23(28,29)7-6-15(16)18(42)17(13-2-4-14(5-3-13)19(43)40-8-10-48-11-9-40)41(21(45)24(30,31)26(34,35)36)22(46)25(32,33)27(37,38)39/h2-5,15-17H,6-12H2,1H3. The minimum Gasteiger partial charge on any atom is -0.469 e. The van der Waals surface area contributed by atoms with Crippen LogP contribution in [0.5, 0.6) is 0 Å². The lowest BCUT2D eigenvalue weighted by Crippen LogP contribution is -2.62. The number of amides is 3. The molecule has 3 rings (SSSR count). The highest BCUT2D eigenvalue weighted by molar-refractivity contribution is 6.07. The van der Waals surface area contributed by atoms with Crippen molar-refractivity contribution in [3.8, 4) is 0 Å². The number of ketones is 1. The quantitative estimate of drug-likeness (QED) is 0.283. The molecule has 21 heteroatoms. The van der Waals surface area contributed by atoms with Crippen LogP contribution in [-0.2, 0) is 28.7 Å². The average molecular weight is 716 g/mol. The molecule has 1 saturated carbocycles. The monoisotopic (exact) mass is 716 g/mol. The van der Waals surface area contributed by atoms with Gasteiger partial charge in [-0.05, 0) is 24.1 Å². The maximum atomic E-state index is 14.4. The minimum atomic E-state index is -7.03. The first-order valence-electron chi connectivity index (χ1n) is 13.6. The van der Waals surface area contributed by atoms with E-state index in [1.54, 1.807) is 0 Å². The first-order chi connectivity index (χ1) is 21.9. The fraction of sp³-hybridized carbons (Fsp3) is 0.593. The van der Waals surface area contributed by atoms with E-state index in [1.807, 2.05) is 0 Å². The van der Waals surface area contributed by atoms with Gasteiger partial charge in [0.2, 0.25) is 5.92 Å². The van der Waals surface area contributed by atoms with Crippen molar-refractivity contribution in [1.29, 1.82) is 0 Å². The van der Waals surface area contributed by atoms with E-state index in [-0.39, 0.29) is 31.9 Å². The highest BCUT2D eigenvalue weighted by atomic mass is 19.4. The summed E-state index contributed by atoms with van der Waals surface area (Å²) in [6.45, 7) is 0.252. The second-order valence-corrected chi connectivity index (χ2v) is 10.8. The molecule has 3 unspecified atom stereocenters. The van der Waals surface area contributed by atoms with Gasteiger partial charge in [-0.2, -0.15) is 43.9 Å². The summed E-state index contributed by atoms with van der Waals surface area (Å²) in [6, 6.07) is -1.13. The molecular weight excluding hydrogens is 692 g/mol. The van der Waals surface area contributed by atoms with E-state index in [2.05, 4.69) is 4.74 Å². The predicted molar refractivity (Wildman–Crippen MR) is 133 cm³/mol.